The maximum absolute atomic E-state index is 13.1. The normalized spacial score (nSPS) is 29.2. The summed E-state index contributed by atoms with van der Waals surface area (Å²) < 4.78 is 45.7. The molecule has 3 atom stereocenters. The van der Waals surface area contributed by atoms with Crippen molar-refractivity contribution in [2.45, 2.75) is 68.8 Å². The van der Waals surface area contributed by atoms with Gasteiger partial charge in [-0.05, 0) is 68.2 Å². The fourth-order valence-corrected chi connectivity index (χ4v) is 6.76. The van der Waals surface area contributed by atoms with Gasteiger partial charge in [0.15, 0.2) is 0 Å². The summed E-state index contributed by atoms with van der Waals surface area (Å²) in [5.41, 5.74) is 0. The molecule has 2 aliphatic carbocycles. The molecule has 3 aliphatic rings. The average molecular weight is 424 g/mol. The molecule has 0 unspecified atom stereocenters. The third kappa shape index (κ3) is 4.66. The number of hydrogen-bond acceptors (Lipinski definition) is 4. The third-order valence-corrected chi connectivity index (χ3v) is 8.93. The van der Waals surface area contributed by atoms with E-state index in [1.54, 1.807) is 0 Å². The van der Waals surface area contributed by atoms with Crippen LogP contribution in [0.3, 0.4) is 0 Å². The first-order chi connectivity index (χ1) is 13.9. The van der Waals surface area contributed by atoms with Crippen molar-refractivity contribution >= 4 is 16.0 Å². The number of halogens is 1. The molecular formula is C22H30FNO4S. The first-order valence-corrected chi connectivity index (χ1v) is 12.3. The number of hydrogen-bond donors (Lipinski definition) is 0. The molecule has 0 N–H and O–H groups in total. The Morgan fingerprint density at radius 3 is 2.28 bits per heavy atom. The van der Waals surface area contributed by atoms with E-state index in [1.165, 1.54) is 42.1 Å². The summed E-state index contributed by atoms with van der Waals surface area (Å²) in [4.78, 5) is 12.7. The minimum absolute atomic E-state index is 0.0304. The van der Waals surface area contributed by atoms with Crippen molar-refractivity contribution in [3.63, 3.8) is 0 Å². The highest BCUT2D eigenvalue weighted by atomic mass is 32.2. The number of fused-ring (bicyclic) bond motifs is 1. The second-order valence-electron chi connectivity index (χ2n) is 8.81. The Balaban J connectivity index is 1.29. The van der Waals surface area contributed by atoms with E-state index in [-0.39, 0.29) is 36.0 Å². The van der Waals surface area contributed by atoms with Gasteiger partial charge in [0.2, 0.25) is 10.0 Å². The number of sulfonamides is 1. The van der Waals surface area contributed by atoms with Crippen LogP contribution >= 0.6 is 0 Å². The van der Waals surface area contributed by atoms with Crippen LogP contribution in [0, 0.1) is 23.6 Å². The molecule has 0 bridgehead atoms. The van der Waals surface area contributed by atoms with Crippen LogP contribution < -0.4 is 0 Å². The van der Waals surface area contributed by atoms with Crippen LogP contribution in [-0.4, -0.2) is 37.9 Å². The van der Waals surface area contributed by atoms with Crippen LogP contribution in [0.1, 0.15) is 57.8 Å². The van der Waals surface area contributed by atoms with Crippen molar-refractivity contribution in [3.05, 3.63) is 30.1 Å². The summed E-state index contributed by atoms with van der Waals surface area (Å²) in [6.45, 7) is 0.573. The van der Waals surface area contributed by atoms with E-state index in [9.17, 15) is 17.6 Å². The van der Waals surface area contributed by atoms with Gasteiger partial charge in [-0.15, -0.1) is 0 Å². The van der Waals surface area contributed by atoms with Gasteiger partial charge in [0.25, 0.3) is 0 Å². The number of ether oxygens (including phenoxy) is 1. The lowest BCUT2D eigenvalue weighted by molar-refractivity contribution is -0.158. The molecular weight excluding hydrogens is 393 g/mol. The molecule has 1 aliphatic heterocycles. The van der Waals surface area contributed by atoms with Gasteiger partial charge < -0.3 is 4.74 Å². The Kier molecular flexibility index (Phi) is 6.25. The van der Waals surface area contributed by atoms with E-state index in [4.69, 9.17) is 4.74 Å². The number of piperidine rings is 1. The molecule has 160 valence electrons. The van der Waals surface area contributed by atoms with Crippen molar-refractivity contribution < 1.29 is 22.3 Å². The monoisotopic (exact) mass is 423 g/mol. The summed E-state index contributed by atoms with van der Waals surface area (Å²) in [5.74, 6) is 0.658. The fraction of sp³-hybridized carbons (Fsp3) is 0.682. The van der Waals surface area contributed by atoms with Gasteiger partial charge in [0.1, 0.15) is 11.9 Å². The molecule has 0 spiro atoms. The Morgan fingerprint density at radius 1 is 0.931 bits per heavy atom. The predicted octanol–water partition coefficient (Wildman–Crippen LogP) is 4.13. The second kappa shape index (κ2) is 8.72. The van der Waals surface area contributed by atoms with E-state index < -0.39 is 15.8 Å². The van der Waals surface area contributed by atoms with Crippen molar-refractivity contribution in [2.24, 2.45) is 17.8 Å². The zero-order valence-corrected chi connectivity index (χ0v) is 17.6. The molecule has 0 amide bonds. The van der Waals surface area contributed by atoms with Gasteiger partial charge in [0.05, 0.1) is 10.8 Å². The molecule has 0 radical (unpaired) electrons. The maximum Gasteiger partial charge on any atom is 0.309 e. The molecule has 5 nitrogen and oxygen atoms in total. The van der Waals surface area contributed by atoms with E-state index in [0.29, 0.717) is 18.8 Å². The Morgan fingerprint density at radius 2 is 1.59 bits per heavy atom. The van der Waals surface area contributed by atoms with Crippen molar-refractivity contribution in [1.82, 2.24) is 4.31 Å². The average Bonchev–Trinajstić information content (AvgIpc) is 2.74. The molecule has 0 aromatic heterocycles. The van der Waals surface area contributed by atoms with Gasteiger partial charge in [-0.3, -0.25) is 4.79 Å². The minimum atomic E-state index is -3.65. The number of benzene rings is 1. The van der Waals surface area contributed by atoms with Crippen LogP contribution in [0.25, 0.3) is 0 Å². The van der Waals surface area contributed by atoms with Crippen LogP contribution in [0.15, 0.2) is 29.2 Å². The molecule has 1 heterocycles. The van der Waals surface area contributed by atoms with Crippen LogP contribution in [0.5, 0.6) is 0 Å². The first kappa shape index (κ1) is 20.8. The highest BCUT2D eigenvalue weighted by molar-refractivity contribution is 7.89. The molecule has 4 rings (SSSR count). The highest BCUT2D eigenvalue weighted by Crippen LogP contribution is 2.41. The largest absolute Gasteiger partial charge is 0.462 e. The van der Waals surface area contributed by atoms with E-state index in [1.807, 2.05) is 0 Å². The van der Waals surface area contributed by atoms with Gasteiger partial charge in [-0.1, -0.05) is 25.7 Å². The first-order valence-electron chi connectivity index (χ1n) is 10.9. The summed E-state index contributed by atoms with van der Waals surface area (Å²) >= 11 is 0. The van der Waals surface area contributed by atoms with Crippen LogP contribution in [-0.2, 0) is 19.6 Å². The summed E-state index contributed by atoms with van der Waals surface area (Å²) in [6.07, 6.45) is 9.31. The number of carbonyl (C=O) groups is 1. The molecule has 7 heteroatoms. The molecule has 1 aromatic carbocycles. The number of rotatable bonds is 4. The Labute approximate surface area is 172 Å². The van der Waals surface area contributed by atoms with Gasteiger partial charge >= 0.3 is 5.97 Å². The second-order valence-corrected chi connectivity index (χ2v) is 10.7. The summed E-state index contributed by atoms with van der Waals surface area (Å²) in [5, 5.41) is 0. The molecule has 2 saturated carbocycles. The zero-order valence-electron chi connectivity index (χ0n) is 16.8. The fourth-order valence-electron chi connectivity index (χ4n) is 5.29. The zero-order chi connectivity index (χ0) is 20.4. The lowest BCUT2D eigenvalue weighted by Gasteiger charge is -2.39. The quantitative estimate of drug-likeness (QED) is 0.683. The number of esters is 1. The molecule has 3 fully saturated rings. The van der Waals surface area contributed by atoms with Crippen molar-refractivity contribution in [3.8, 4) is 0 Å². The van der Waals surface area contributed by atoms with Gasteiger partial charge in [-0.2, -0.15) is 4.31 Å². The smallest absolute Gasteiger partial charge is 0.309 e. The summed E-state index contributed by atoms with van der Waals surface area (Å²) in [6, 6.07) is 4.87. The maximum atomic E-state index is 13.1. The van der Waals surface area contributed by atoms with E-state index in [0.717, 1.165) is 37.3 Å². The lowest BCUT2D eigenvalue weighted by atomic mass is 9.70. The third-order valence-electron chi connectivity index (χ3n) is 7.01. The van der Waals surface area contributed by atoms with Crippen molar-refractivity contribution in [2.75, 3.05) is 13.1 Å². The van der Waals surface area contributed by atoms with Crippen molar-refractivity contribution in [1.29, 1.82) is 0 Å². The predicted molar refractivity (Wildman–Crippen MR) is 107 cm³/mol. The van der Waals surface area contributed by atoms with Crippen LogP contribution in [0.2, 0.25) is 0 Å². The molecule has 1 aromatic rings. The molecule has 1 saturated heterocycles. The molecule has 29 heavy (non-hydrogen) atoms. The summed E-state index contributed by atoms with van der Waals surface area (Å²) in [7, 11) is -3.65. The lowest BCUT2D eigenvalue weighted by Crippen LogP contribution is -2.41. The Hall–Kier alpha value is -1.47. The number of carbonyl (C=O) groups excluding carboxylic acids is 1. The SMILES string of the molecule is O=C(O[C@@H]1CC[C@H]2CCCC[C@@H]2C1)C1CCN(S(=O)(=O)c2ccc(F)cc2)CC1. The topological polar surface area (TPSA) is 63.7 Å². The van der Waals surface area contributed by atoms with Gasteiger partial charge in [0, 0.05) is 13.1 Å². The van der Waals surface area contributed by atoms with Crippen LogP contribution in [0.4, 0.5) is 4.39 Å². The standard InChI is InChI=1S/C22H30FNO4S/c23-19-6-9-21(10-7-19)29(26,27)24-13-11-17(12-14-24)22(25)28-20-8-5-16-3-1-2-4-18(16)15-20/h6-7,9-10,16-18,20H,1-5,8,11-15H2/t16-,18-,20-/m1/s1. The number of nitrogens with zero attached hydrogens (tertiary/aromatic N) is 1. The van der Waals surface area contributed by atoms with E-state index >= 15 is 0 Å². The minimum Gasteiger partial charge on any atom is -0.462 e. The van der Waals surface area contributed by atoms with Gasteiger partial charge in [-0.25, -0.2) is 12.8 Å². The highest BCUT2D eigenvalue weighted by Gasteiger charge is 2.37. The van der Waals surface area contributed by atoms with E-state index in [2.05, 4.69) is 0 Å². The Bertz CT molecular complexity index is 818.